The molecule has 156 valence electrons. The summed E-state index contributed by atoms with van der Waals surface area (Å²) in [5.74, 6) is 1.02. The lowest BCUT2D eigenvalue weighted by molar-refractivity contribution is -0.132. The quantitative estimate of drug-likeness (QED) is 0.513. The largest absolute Gasteiger partial charge is 0.352 e. The van der Waals surface area contributed by atoms with E-state index in [1.807, 2.05) is 52.1 Å². The second-order valence-electron chi connectivity index (χ2n) is 7.96. The van der Waals surface area contributed by atoms with Crippen molar-refractivity contribution in [3.8, 4) is 11.3 Å². The van der Waals surface area contributed by atoms with Crippen LogP contribution in [0.1, 0.15) is 5.56 Å². The van der Waals surface area contributed by atoms with E-state index in [0.29, 0.717) is 19.6 Å². The van der Waals surface area contributed by atoms with Crippen molar-refractivity contribution < 1.29 is 4.79 Å². The molecule has 4 aromatic rings. The van der Waals surface area contributed by atoms with Crippen LogP contribution in [0.5, 0.6) is 0 Å². The van der Waals surface area contributed by atoms with E-state index >= 15 is 0 Å². The second kappa shape index (κ2) is 8.22. The number of benzene rings is 2. The maximum atomic E-state index is 12.8. The molecule has 0 bridgehead atoms. The minimum atomic E-state index is 0.155. The van der Waals surface area contributed by atoms with Gasteiger partial charge in [-0.1, -0.05) is 42.5 Å². The van der Waals surface area contributed by atoms with Gasteiger partial charge < -0.3 is 14.4 Å². The van der Waals surface area contributed by atoms with Crippen LogP contribution in [0.15, 0.2) is 72.9 Å². The highest BCUT2D eigenvalue weighted by Crippen LogP contribution is 2.22. The molecule has 1 aliphatic heterocycles. The Labute approximate surface area is 181 Å². The molecule has 1 fully saturated rings. The van der Waals surface area contributed by atoms with Crippen molar-refractivity contribution in [2.45, 2.75) is 13.5 Å². The first-order valence-corrected chi connectivity index (χ1v) is 10.7. The van der Waals surface area contributed by atoms with Crippen LogP contribution in [-0.2, 0) is 11.3 Å². The third-order valence-electron chi connectivity index (χ3n) is 6.01. The number of aromatic nitrogens is 3. The second-order valence-corrected chi connectivity index (χ2v) is 7.96. The molecule has 0 saturated carbocycles. The Morgan fingerprint density at radius 1 is 0.871 bits per heavy atom. The van der Waals surface area contributed by atoms with Gasteiger partial charge in [-0.05, 0) is 42.1 Å². The van der Waals surface area contributed by atoms with Gasteiger partial charge in [0.1, 0.15) is 6.54 Å². The van der Waals surface area contributed by atoms with E-state index in [0.717, 1.165) is 41.1 Å². The van der Waals surface area contributed by atoms with E-state index in [1.165, 1.54) is 5.56 Å². The topological polar surface area (TPSA) is 54.3 Å². The van der Waals surface area contributed by atoms with Crippen molar-refractivity contribution in [1.82, 2.24) is 19.7 Å². The van der Waals surface area contributed by atoms with Crippen molar-refractivity contribution in [2.75, 3.05) is 31.1 Å². The smallest absolute Gasteiger partial charge is 0.242 e. The van der Waals surface area contributed by atoms with Crippen molar-refractivity contribution in [2.24, 2.45) is 0 Å². The Hall–Kier alpha value is -3.67. The van der Waals surface area contributed by atoms with Gasteiger partial charge in [0.15, 0.2) is 5.82 Å². The average Bonchev–Trinajstić information content (AvgIpc) is 3.22. The molecular weight excluding hydrogens is 386 g/mol. The maximum absolute atomic E-state index is 12.8. The van der Waals surface area contributed by atoms with Crippen LogP contribution in [0.3, 0.4) is 0 Å². The Kier molecular flexibility index (Phi) is 5.12. The normalized spacial score (nSPS) is 14.2. The van der Waals surface area contributed by atoms with Crippen molar-refractivity contribution in [1.29, 1.82) is 0 Å². The molecule has 6 nitrogen and oxygen atoms in total. The lowest BCUT2D eigenvalue weighted by Crippen LogP contribution is -2.49. The van der Waals surface area contributed by atoms with Crippen LogP contribution >= 0.6 is 0 Å². The summed E-state index contributed by atoms with van der Waals surface area (Å²) in [5.41, 5.74) is 4.27. The molecule has 31 heavy (non-hydrogen) atoms. The van der Waals surface area contributed by atoms with Gasteiger partial charge in [0.25, 0.3) is 0 Å². The molecule has 2 aromatic carbocycles. The Bertz CT molecular complexity index is 1210. The van der Waals surface area contributed by atoms with Crippen LogP contribution < -0.4 is 4.90 Å². The first kappa shape index (κ1) is 19.3. The maximum Gasteiger partial charge on any atom is 0.242 e. The highest BCUT2D eigenvalue weighted by molar-refractivity contribution is 5.83. The van der Waals surface area contributed by atoms with E-state index in [-0.39, 0.29) is 5.91 Å². The fraction of sp³-hybridized carbons (Fsp3) is 0.240. The van der Waals surface area contributed by atoms with Crippen molar-refractivity contribution >= 4 is 22.6 Å². The third-order valence-corrected chi connectivity index (χ3v) is 6.01. The Morgan fingerprint density at radius 2 is 1.65 bits per heavy atom. The predicted octanol–water partition coefficient (Wildman–Crippen LogP) is 3.76. The Morgan fingerprint density at radius 3 is 2.42 bits per heavy atom. The number of para-hydroxylation sites is 1. The van der Waals surface area contributed by atoms with E-state index < -0.39 is 0 Å². The molecule has 0 aliphatic carbocycles. The zero-order valence-corrected chi connectivity index (χ0v) is 17.6. The molecular formula is C25H25N5O. The number of amides is 1. The van der Waals surface area contributed by atoms with E-state index in [2.05, 4.69) is 52.4 Å². The number of aryl methyl sites for hydroxylation is 1. The van der Waals surface area contributed by atoms with Gasteiger partial charge in [0.2, 0.25) is 5.91 Å². The number of nitrogens with zero attached hydrogens (tertiary/aromatic N) is 5. The summed E-state index contributed by atoms with van der Waals surface area (Å²) >= 11 is 0. The van der Waals surface area contributed by atoms with E-state index in [1.54, 1.807) is 0 Å². The molecule has 0 atom stereocenters. The number of hydrogen-bond donors (Lipinski definition) is 0. The van der Waals surface area contributed by atoms with Crippen molar-refractivity contribution in [3.63, 3.8) is 0 Å². The Balaban J connectivity index is 1.21. The number of piperazine rings is 1. The number of hydrogen-bond acceptors (Lipinski definition) is 4. The zero-order chi connectivity index (χ0) is 21.2. The predicted molar refractivity (Wildman–Crippen MR) is 123 cm³/mol. The van der Waals surface area contributed by atoms with Gasteiger partial charge in [-0.2, -0.15) is 0 Å². The summed E-state index contributed by atoms with van der Waals surface area (Å²) in [7, 11) is 0. The molecule has 6 heteroatoms. The molecule has 1 amide bonds. The highest BCUT2D eigenvalue weighted by atomic mass is 16.2. The molecule has 0 N–H and O–H groups in total. The first-order chi connectivity index (χ1) is 15.2. The van der Waals surface area contributed by atoms with Crippen molar-refractivity contribution in [3.05, 3.63) is 78.5 Å². The SMILES string of the molecule is Cc1ccccc1-c1ccc(N2CCN(C(=O)Cn3ccc4ccccc43)CC2)nn1. The monoisotopic (exact) mass is 411 g/mol. The summed E-state index contributed by atoms with van der Waals surface area (Å²) in [5, 5.41) is 10.1. The number of carbonyl (C=O) groups excluding carboxylic acids is 1. The third kappa shape index (κ3) is 3.89. The molecule has 1 saturated heterocycles. The summed E-state index contributed by atoms with van der Waals surface area (Å²) < 4.78 is 2.03. The summed E-state index contributed by atoms with van der Waals surface area (Å²) in [6.07, 6.45) is 1.99. The fourth-order valence-corrected chi connectivity index (χ4v) is 4.21. The van der Waals surface area contributed by atoms with Gasteiger partial charge in [-0.15, -0.1) is 10.2 Å². The summed E-state index contributed by atoms with van der Waals surface area (Å²) in [6, 6.07) is 22.5. The number of carbonyl (C=O) groups is 1. The van der Waals surface area contributed by atoms with Crippen LogP contribution in [0.4, 0.5) is 5.82 Å². The van der Waals surface area contributed by atoms with Crippen LogP contribution in [0.25, 0.3) is 22.2 Å². The molecule has 0 spiro atoms. The van der Waals surface area contributed by atoms with E-state index in [4.69, 9.17) is 0 Å². The zero-order valence-electron chi connectivity index (χ0n) is 17.6. The van der Waals surface area contributed by atoms with Crippen LogP contribution in [0.2, 0.25) is 0 Å². The average molecular weight is 412 g/mol. The van der Waals surface area contributed by atoms with Gasteiger partial charge in [-0.25, -0.2) is 0 Å². The van der Waals surface area contributed by atoms with Gasteiger partial charge in [0.05, 0.1) is 5.69 Å². The van der Waals surface area contributed by atoms with Crippen LogP contribution in [-0.4, -0.2) is 51.8 Å². The summed E-state index contributed by atoms with van der Waals surface area (Å²) in [4.78, 5) is 17.0. The minimum absolute atomic E-state index is 0.155. The molecule has 5 rings (SSSR count). The fourth-order valence-electron chi connectivity index (χ4n) is 4.21. The van der Waals surface area contributed by atoms with Gasteiger partial charge in [0, 0.05) is 43.5 Å². The first-order valence-electron chi connectivity index (χ1n) is 10.7. The molecule has 0 unspecified atom stereocenters. The molecule has 3 heterocycles. The standard InChI is InChI=1S/C25H25N5O/c1-19-6-2-4-8-21(19)22-10-11-24(27-26-22)28-14-16-29(17-15-28)25(31)18-30-13-12-20-7-3-5-9-23(20)30/h2-13H,14-18H2,1H3. The number of anilines is 1. The van der Waals surface area contributed by atoms with Crippen LogP contribution in [0, 0.1) is 6.92 Å². The lowest BCUT2D eigenvalue weighted by atomic mass is 10.1. The lowest BCUT2D eigenvalue weighted by Gasteiger charge is -2.35. The number of fused-ring (bicyclic) bond motifs is 1. The van der Waals surface area contributed by atoms with Gasteiger partial charge >= 0.3 is 0 Å². The van der Waals surface area contributed by atoms with Gasteiger partial charge in [-0.3, -0.25) is 4.79 Å². The van der Waals surface area contributed by atoms with E-state index in [9.17, 15) is 4.79 Å². The number of rotatable bonds is 4. The molecule has 2 aromatic heterocycles. The highest BCUT2D eigenvalue weighted by Gasteiger charge is 2.22. The molecule has 0 radical (unpaired) electrons. The summed E-state index contributed by atoms with van der Waals surface area (Å²) in [6.45, 7) is 5.36. The molecule has 1 aliphatic rings. The minimum Gasteiger partial charge on any atom is -0.352 e.